The van der Waals surface area contributed by atoms with Crippen LogP contribution < -0.4 is 5.32 Å². The van der Waals surface area contributed by atoms with Crippen LogP contribution in [-0.2, 0) is 20.7 Å². The van der Waals surface area contributed by atoms with Crippen molar-refractivity contribution in [2.24, 2.45) is 0 Å². The zero-order valence-corrected chi connectivity index (χ0v) is 13.0. The van der Waals surface area contributed by atoms with E-state index in [1.807, 2.05) is 30.3 Å². The number of amides is 1. The second-order valence-corrected chi connectivity index (χ2v) is 5.84. The number of carbonyl (C=O) groups excluding carboxylic acids is 2. The number of esters is 1. The number of alkyl carbamates (subject to hydrolysis) is 1. The minimum atomic E-state index is -0.567. The van der Waals surface area contributed by atoms with Gasteiger partial charge >= 0.3 is 12.1 Å². The molecule has 0 aliphatic carbocycles. The van der Waals surface area contributed by atoms with Gasteiger partial charge in [-0.3, -0.25) is 4.79 Å². The number of ether oxygens (including phenoxy) is 2. The summed E-state index contributed by atoms with van der Waals surface area (Å²) in [5, 5.41) is 2.74. The van der Waals surface area contributed by atoms with Crippen molar-refractivity contribution in [2.45, 2.75) is 45.8 Å². The number of carbonyl (C=O) groups is 2. The van der Waals surface area contributed by atoms with E-state index < -0.39 is 11.7 Å². The van der Waals surface area contributed by atoms with Gasteiger partial charge in [-0.25, -0.2) is 4.79 Å². The van der Waals surface area contributed by atoms with E-state index in [-0.39, 0.29) is 18.6 Å². The molecule has 21 heavy (non-hydrogen) atoms. The molecule has 0 heterocycles. The quantitative estimate of drug-likeness (QED) is 0.848. The zero-order valence-electron chi connectivity index (χ0n) is 13.0. The minimum Gasteiger partial charge on any atom is -0.464 e. The number of hydrogen-bond donors (Lipinski definition) is 1. The molecule has 0 saturated carbocycles. The lowest BCUT2D eigenvalue weighted by atomic mass is 10.1. The molecule has 0 bridgehead atoms. The third-order valence-electron chi connectivity index (χ3n) is 2.53. The number of nitrogens with one attached hydrogen (secondary N) is 1. The highest BCUT2D eigenvalue weighted by Gasteiger charge is 2.20. The topological polar surface area (TPSA) is 64.6 Å². The fourth-order valence-electron chi connectivity index (χ4n) is 1.74. The predicted octanol–water partition coefficient (Wildman–Crippen LogP) is 2.69. The molecule has 116 valence electrons. The van der Waals surface area contributed by atoms with E-state index in [1.165, 1.54) is 6.92 Å². The monoisotopic (exact) mass is 293 g/mol. The largest absolute Gasteiger partial charge is 0.464 e. The van der Waals surface area contributed by atoms with Gasteiger partial charge in [0, 0.05) is 6.92 Å². The van der Waals surface area contributed by atoms with Crippen molar-refractivity contribution < 1.29 is 19.1 Å². The van der Waals surface area contributed by atoms with Gasteiger partial charge in [-0.15, -0.1) is 0 Å². The molecule has 0 unspecified atom stereocenters. The molecule has 0 fully saturated rings. The standard InChI is InChI=1S/C16H23NO4/c1-12(18)20-11-14(10-13-8-6-5-7-9-13)17-15(19)21-16(2,3)4/h5-9,14H,10-11H2,1-4H3,(H,17,19)/t14-/m1/s1. The van der Waals surface area contributed by atoms with E-state index in [9.17, 15) is 9.59 Å². The Kier molecular flexibility index (Phi) is 6.21. The molecule has 0 aliphatic rings. The molecule has 1 aromatic carbocycles. The van der Waals surface area contributed by atoms with Gasteiger partial charge in [0.25, 0.3) is 0 Å². The van der Waals surface area contributed by atoms with E-state index in [0.717, 1.165) is 5.56 Å². The van der Waals surface area contributed by atoms with Crippen molar-refractivity contribution in [3.8, 4) is 0 Å². The van der Waals surface area contributed by atoms with Crippen molar-refractivity contribution in [3.63, 3.8) is 0 Å². The summed E-state index contributed by atoms with van der Waals surface area (Å²) in [6.45, 7) is 6.84. The van der Waals surface area contributed by atoms with E-state index >= 15 is 0 Å². The summed E-state index contributed by atoms with van der Waals surface area (Å²) in [4.78, 5) is 22.8. The third kappa shape index (κ3) is 7.97. The molecule has 0 aliphatic heterocycles. The maximum atomic E-state index is 11.8. The lowest BCUT2D eigenvalue weighted by Crippen LogP contribution is -2.43. The molecule has 5 heteroatoms. The molecule has 0 spiro atoms. The van der Waals surface area contributed by atoms with Gasteiger partial charge in [-0.05, 0) is 32.8 Å². The van der Waals surface area contributed by atoms with Crippen LogP contribution in [0, 0.1) is 0 Å². The third-order valence-corrected chi connectivity index (χ3v) is 2.53. The van der Waals surface area contributed by atoms with Crippen molar-refractivity contribution in [1.82, 2.24) is 5.32 Å². The Hall–Kier alpha value is -2.04. The molecule has 1 atom stereocenters. The number of benzene rings is 1. The Morgan fingerprint density at radius 3 is 2.33 bits per heavy atom. The van der Waals surface area contributed by atoms with Crippen LogP contribution in [-0.4, -0.2) is 30.3 Å². The first-order chi connectivity index (χ1) is 9.76. The summed E-state index contributed by atoms with van der Waals surface area (Å²) in [7, 11) is 0. The maximum absolute atomic E-state index is 11.8. The van der Waals surface area contributed by atoms with Crippen LogP contribution in [0.15, 0.2) is 30.3 Å². The number of rotatable bonds is 5. The average Bonchev–Trinajstić information content (AvgIpc) is 2.34. The first-order valence-electron chi connectivity index (χ1n) is 6.93. The first-order valence-corrected chi connectivity index (χ1v) is 6.93. The molecule has 1 amide bonds. The highest BCUT2D eigenvalue weighted by molar-refractivity contribution is 5.68. The van der Waals surface area contributed by atoms with Crippen molar-refractivity contribution in [2.75, 3.05) is 6.61 Å². The van der Waals surface area contributed by atoms with Crippen LogP contribution in [0.5, 0.6) is 0 Å². The van der Waals surface area contributed by atoms with Gasteiger partial charge in [0.2, 0.25) is 0 Å². The fourth-order valence-corrected chi connectivity index (χ4v) is 1.74. The van der Waals surface area contributed by atoms with Crippen LogP contribution in [0.1, 0.15) is 33.3 Å². The molecule has 5 nitrogen and oxygen atoms in total. The van der Waals surface area contributed by atoms with Crippen LogP contribution in [0.3, 0.4) is 0 Å². The molecular formula is C16H23NO4. The van der Waals surface area contributed by atoms with E-state index in [1.54, 1.807) is 20.8 Å². The van der Waals surface area contributed by atoms with Gasteiger partial charge in [-0.1, -0.05) is 30.3 Å². The normalized spacial score (nSPS) is 12.4. The van der Waals surface area contributed by atoms with Gasteiger partial charge in [-0.2, -0.15) is 0 Å². The van der Waals surface area contributed by atoms with Crippen LogP contribution in [0.4, 0.5) is 4.79 Å². The Bertz CT molecular complexity index is 465. The second kappa shape index (κ2) is 7.67. The summed E-state index contributed by atoms with van der Waals surface area (Å²) in [5.74, 6) is -0.376. The van der Waals surface area contributed by atoms with Crippen LogP contribution in [0.25, 0.3) is 0 Å². The molecule has 0 aromatic heterocycles. The lowest BCUT2D eigenvalue weighted by Gasteiger charge is -2.23. The lowest BCUT2D eigenvalue weighted by molar-refractivity contribution is -0.141. The molecule has 1 aromatic rings. The minimum absolute atomic E-state index is 0.115. The van der Waals surface area contributed by atoms with Gasteiger partial charge < -0.3 is 14.8 Å². The highest BCUT2D eigenvalue weighted by Crippen LogP contribution is 2.08. The molecule has 0 radical (unpaired) electrons. The van der Waals surface area contributed by atoms with Gasteiger partial charge in [0.1, 0.15) is 12.2 Å². The first kappa shape index (κ1) is 17.0. The van der Waals surface area contributed by atoms with Crippen molar-refractivity contribution >= 4 is 12.1 Å². The highest BCUT2D eigenvalue weighted by atomic mass is 16.6. The Morgan fingerprint density at radius 2 is 1.81 bits per heavy atom. The second-order valence-electron chi connectivity index (χ2n) is 5.84. The van der Waals surface area contributed by atoms with Gasteiger partial charge in [0.05, 0.1) is 6.04 Å². The molecule has 1 rings (SSSR count). The Labute approximate surface area is 125 Å². The molecule has 1 N–H and O–H groups in total. The van der Waals surface area contributed by atoms with E-state index in [0.29, 0.717) is 6.42 Å². The summed E-state index contributed by atoms with van der Waals surface area (Å²) in [6, 6.07) is 9.35. The molecule has 0 saturated heterocycles. The van der Waals surface area contributed by atoms with E-state index in [4.69, 9.17) is 9.47 Å². The fraction of sp³-hybridized carbons (Fsp3) is 0.500. The van der Waals surface area contributed by atoms with Gasteiger partial charge in [0.15, 0.2) is 0 Å². The van der Waals surface area contributed by atoms with Crippen LogP contribution >= 0.6 is 0 Å². The Morgan fingerprint density at radius 1 is 1.19 bits per heavy atom. The van der Waals surface area contributed by atoms with E-state index in [2.05, 4.69) is 5.32 Å². The number of hydrogen-bond acceptors (Lipinski definition) is 4. The average molecular weight is 293 g/mol. The molecular weight excluding hydrogens is 270 g/mol. The van der Waals surface area contributed by atoms with Crippen LogP contribution in [0.2, 0.25) is 0 Å². The maximum Gasteiger partial charge on any atom is 0.408 e. The zero-order chi connectivity index (χ0) is 15.9. The van der Waals surface area contributed by atoms with Crippen molar-refractivity contribution in [1.29, 1.82) is 0 Å². The van der Waals surface area contributed by atoms with Crippen molar-refractivity contribution in [3.05, 3.63) is 35.9 Å². The summed E-state index contributed by atoms with van der Waals surface area (Å²) in [6.07, 6.45) is 0.0449. The SMILES string of the molecule is CC(=O)OC[C@@H](Cc1ccccc1)NC(=O)OC(C)(C)C. The smallest absolute Gasteiger partial charge is 0.408 e. The Balaban J connectivity index is 2.63. The summed E-state index contributed by atoms with van der Waals surface area (Å²) >= 11 is 0. The summed E-state index contributed by atoms with van der Waals surface area (Å²) < 4.78 is 10.2. The predicted molar refractivity (Wildman–Crippen MR) is 79.9 cm³/mol. The summed E-state index contributed by atoms with van der Waals surface area (Å²) in [5.41, 5.74) is 0.480.